The number of nitrogens with one attached hydrogen (secondary N) is 2. The molecule has 2 aromatic carbocycles. The van der Waals surface area contributed by atoms with Gasteiger partial charge in [0.2, 0.25) is 0 Å². The number of rotatable bonds is 3. The number of fused-ring (bicyclic) bond motifs is 1. The summed E-state index contributed by atoms with van der Waals surface area (Å²) < 4.78 is 16.6. The Labute approximate surface area is 161 Å². The third kappa shape index (κ3) is 2.75. The second-order valence-electron chi connectivity index (χ2n) is 6.79. The molecule has 1 fully saturated rings. The number of benzene rings is 2. The average molecular weight is 393 g/mol. The molecular weight excluding hydrogens is 374 g/mol. The molecule has 2 N–H and O–H groups in total. The highest BCUT2D eigenvalue weighted by Gasteiger charge is 2.40. The zero-order valence-corrected chi connectivity index (χ0v) is 16.0. The molecule has 1 aliphatic heterocycles. The molecule has 1 saturated heterocycles. The van der Waals surface area contributed by atoms with Crippen molar-refractivity contribution in [2.24, 2.45) is 7.05 Å². The molecule has 26 heavy (non-hydrogen) atoms. The van der Waals surface area contributed by atoms with Gasteiger partial charge in [-0.1, -0.05) is 23.2 Å². The van der Waals surface area contributed by atoms with Crippen molar-refractivity contribution < 1.29 is 4.39 Å². The summed E-state index contributed by atoms with van der Waals surface area (Å²) in [5, 5.41) is 13.0. The van der Waals surface area contributed by atoms with Crippen LogP contribution in [0, 0.1) is 12.7 Å². The zero-order chi connectivity index (χ0) is 18.5. The maximum absolute atomic E-state index is 14.7. The molecule has 4 nitrogen and oxygen atoms in total. The Bertz CT molecular complexity index is 993. The van der Waals surface area contributed by atoms with E-state index in [0.717, 1.165) is 28.8 Å². The summed E-state index contributed by atoms with van der Waals surface area (Å²) in [6.07, 6.45) is 0.701. The van der Waals surface area contributed by atoms with Crippen molar-refractivity contribution in [3.8, 4) is 0 Å². The molecule has 1 aromatic heterocycles. The molecule has 0 radical (unpaired) electrons. The quantitative estimate of drug-likeness (QED) is 0.638. The van der Waals surface area contributed by atoms with E-state index in [1.54, 1.807) is 0 Å². The highest BCUT2D eigenvalue weighted by atomic mass is 35.5. The van der Waals surface area contributed by atoms with Crippen molar-refractivity contribution in [3.63, 3.8) is 0 Å². The summed E-state index contributed by atoms with van der Waals surface area (Å²) in [6, 6.07) is 8.92. The highest BCUT2D eigenvalue weighted by molar-refractivity contribution is 6.42. The second kappa shape index (κ2) is 6.41. The van der Waals surface area contributed by atoms with E-state index >= 15 is 0 Å². The fourth-order valence-corrected chi connectivity index (χ4v) is 4.32. The number of nitrogens with zero attached hydrogens (tertiary/aromatic N) is 2. The van der Waals surface area contributed by atoms with Gasteiger partial charge in [0, 0.05) is 30.2 Å². The Balaban J connectivity index is 1.81. The normalized spacial score (nSPS) is 20.0. The number of hydrogen-bond acceptors (Lipinski definition) is 3. The van der Waals surface area contributed by atoms with Gasteiger partial charge in [0.05, 0.1) is 26.8 Å². The fraction of sp³-hybridized carbons (Fsp3) is 0.316. The average Bonchev–Trinajstić information content (AvgIpc) is 3.17. The van der Waals surface area contributed by atoms with Crippen molar-refractivity contribution >= 4 is 39.8 Å². The van der Waals surface area contributed by atoms with Crippen molar-refractivity contribution in [3.05, 3.63) is 57.5 Å². The molecule has 0 spiro atoms. The standard InChI is InChI=1S/C19H19Cl2FN4/c1-11-13-4-3-12(9-16(13)26(2)25-11)24-19(7-8-23-10-19)17-15(22)6-5-14(20)18(17)21/h3-6,9,23-24H,7-8,10H2,1-2H3. The van der Waals surface area contributed by atoms with Gasteiger partial charge in [0.25, 0.3) is 0 Å². The van der Waals surface area contributed by atoms with Crippen molar-refractivity contribution in [2.75, 3.05) is 18.4 Å². The molecule has 7 heteroatoms. The zero-order valence-electron chi connectivity index (χ0n) is 14.5. The first kappa shape index (κ1) is 17.6. The van der Waals surface area contributed by atoms with E-state index in [2.05, 4.69) is 15.7 Å². The van der Waals surface area contributed by atoms with Gasteiger partial charge in [-0.15, -0.1) is 0 Å². The lowest BCUT2D eigenvalue weighted by atomic mass is 9.88. The monoisotopic (exact) mass is 392 g/mol. The van der Waals surface area contributed by atoms with Gasteiger partial charge in [-0.3, -0.25) is 4.68 Å². The lowest BCUT2D eigenvalue weighted by Gasteiger charge is -2.33. The maximum atomic E-state index is 14.7. The van der Waals surface area contributed by atoms with E-state index in [1.807, 2.05) is 36.9 Å². The summed E-state index contributed by atoms with van der Waals surface area (Å²) in [6.45, 7) is 3.31. The minimum absolute atomic E-state index is 0.264. The minimum atomic E-state index is -0.659. The smallest absolute Gasteiger partial charge is 0.130 e. The third-order valence-corrected chi connectivity index (χ3v) is 5.90. The van der Waals surface area contributed by atoms with Crippen LogP contribution < -0.4 is 10.6 Å². The molecule has 136 valence electrons. The molecule has 0 bridgehead atoms. The Morgan fingerprint density at radius 2 is 2.08 bits per heavy atom. The Kier molecular flexibility index (Phi) is 4.34. The molecule has 1 aliphatic rings. The van der Waals surface area contributed by atoms with Crippen LogP contribution in [0.4, 0.5) is 10.1 Å². The first-order valence-corrected chi connectivity index (χ1v) is 9.23. The fourth-order valence-electron chi connectivity index (χ4n) is 3.83. The van der Waals surface area contributed by atoms with E-state index in [1.165, 1.54) is 12.1 Å². The van der Waals surface area contributed by atoms with Crippen LogP contribution in [0.5, 0.6) is 0 Å². The molecule has 3 aromatic rings. The lowest BCUT2D eigenvalue weighted by Crippen LogP contribution is -2.39. The Morgan fingerprint density at radius 3 is 2.81 bits per heavy atom. The van der Waals surface area contributed by atoms with E-state index in [-0.39, 0.29) is 10.8 Å². The van der Waals surface area contributed by atoms with Crippen LogP contribution in [0.15, 0.2) is 30.3 Å². The Hall–Kier alpha value is -1.82. The number of hydrogen-bond donors (Lipinski definition) is 2. The molecule has 2 heterocycles. The predicted octanol–water partition coefficient (Wildman–Crippen LogP) is 4.63. The van der Waals surface area contributed by atoms with E-state index in [9.17, 15) is 4.39 Å². The molecule has 0 saturated carbocycles. The number of halogens is 3. The summed E-state index contributed by atoms with van der Waals surface area (Å²) >= 11 is 12.6. The van der Waals surface area contributed by atoms with Gasteiger partial charge >= 0.3 is 0 Å². The van der Waals surface area contributed by atoms with Gasteiger partial charge < -0.3 is 10.6 Å². The largest absolute Gasteiger partial charge is 0.374 e. The molecule has 0 aliphatic carbocycles. The van der Waals surface area contributed by atoms with Crippen molar-refractivity contribution in [2.45, 2.75) is 18.9 Å². The van der Waals surface area contributed by atoms with E-state index < -0.39 is 5.54 Å². The summed E-state index contributed by atoms with van der Waals surface area (Å²) in [5.74, 6) is -0.354. The third-order valence-electron chi connectivity index (χ3n) is 5.10. The number of aromatic nitrogens is 2. The second-order valence-corrected chi connectivity index (χ2v) is 7.58. The van der Waals surface area contributed by atoms with Crippen LogP contribution >= 0.6 is 23.2 Å². The summed E-state index contributed by atoms with van der Waals surface area (Å²) in [5.41, 5.74) is 2.65. The minimum Gasteiger partial charge on any atom is -0.374 e. The van der Waals surface area contributed by atoms with E-state index in [0.29, 0.717) is 23.6 Å². The maximum Gasteiger partial charge on any atom is 0.130 e. The van der Waals surface area contributed by atoms with Crippen LogP contribution in [0.2, 0.25) is 10.0 Å². The molecular formula is C19H19Cl2FN4. The summed E-state index contributed by atoms with van der Waals surface area (Å²) in [4.78, 5) is 0. The molecule has 1 unspecified atom stereocenters. The van der Waals surface area contributed by atoms with Crippen LogP contribution in [-0.2, 0) is 12.6 Å². The topological polar surface area (TPSA) is 41.9 Å². The lowest BCUT2D eigenvalue weighted by molar-refractivity contribution is 0.496. The first-order valence-electron chi connectivity index (χ1n) is 8.47. The van der Waals surface area contributed by atoms with Crippen LogP contribution in [-0.4, -0.2) is 22.9 Å². The molecule has 4 rings (SSSR count). The van der Waals surface area contributed by atoms with Gasteiger partial charge in [-0.2, -0.15) is 5.10 Å². The van der Waals surface area contributed by atoms with Gasteiger partial charge in [0.1, 0.15) is 5.82 Å². The van der Waals surface area contributed by atoms with Crippen LogP contribution in [0.3, 0.4) is 0 Å². The van der Waals surface area contributed by atoms with Gasteiger partial charge in [0.15, 0.2) is 0 Å². The first-order chi connectivity index (χ1) is 12.4. The number of aryl methyl sites for hydroxylation is 2. The van der Waals surface area contributed by atoms with Crippen molar-refractivity contribution in [1.82, 2.24) is 15.1 Å². The van der Waals surface area contributed by atoms with E-state index in [4.69, 9.17) is 23.2 Å². The van der Waals surface area contributed by atoms with Gasteiger partial charge in [-0.05, 0) is 50.2 Å². The Morgan fingerprint density at radius 1 is 1.27 bits per heavy atom. The van der Waals surface area contributed by atoms with Gasteiger partial charge in [-0.25, -0.2) is 4.39 Å². The highest BCUT2D eigenvalue weighted by Crippen LogP contribution is 2.41. The summed E-state index contributed by atoms with van der Waals surface area (Å²) in [7, 11) is 1.92. The molecule has 1 atom stereocenters. The van der Waals surface area contributed by atoms with Crippen molar-refractivity contribution in [1.29, 1.82) is 0 Å². The number of anilines is 1. The predicted molar refractivity (Wildman–Crippen MR) is 105 cm³/mol. The molecule has 0 amide bonds. The SMILES string of the molecule is Cc1nn(C)c2cc(NC3(c4c(F)ccc(Cl)c4Cl)CCNC3)ccc12. The van der Waals surface area contributed by atoms with Crippen LogP contribution in [0.25, 0.3) is 10.9 Å². The van der Waals surface area contributed by atoms with Crippen LogP contribution in [0.1, 0.15) is 17.7 Å².